The van der Waals surface area contributed by atoms with Crippen LogP contribution in [0.4, 0.5) is 0 Å². The normalized spacial score (nSPS) is 12.6. The van der Waals surface area contributed by atoms with Crippen molar-refractivity contribution >= 4 is 11.8 Å². The molecule has 1 heterocycles. The van der Waals surface area contributed by atoms with Crippen molar-refractivity contribution in [2.75, 3.05) is 0 Å². The predicted octanol–water partition coefficient (Wildman–Crippen LogP) is 2.83. The summed E-state index contributed by atoms with van der Waals surface area (Å²) in [7, 11) is 0. The maximum absolute atomic E-state index is 12.5. The number of nitrogens with one attached hydrogen (secondary N) is 2. The molecular weight excluding hydrogens is 388 g/mol. The van der Waals surface area contributed by atoms with Gasteiger partial charge in [-0.2, -0.15) is 0 Å². The van der Waals surface area contributed by atoms with E-state index < -0.39 is 6.04 Å². The SMILES string of the molecule is CC(=O)NC(Cc1cccc(-c2ccncc2)c1)C[C@H](N)C(=O)NCc1ccccc1. The molecule has 31 heavy (non-hydrogen) atoms. The molecular formula is C25H28N4O2. The molecule has 4 N–H and O–H groups in total. The van der Waals surface area contributed by atoms with Crippen LogP contribution in [0.1, 0.15) is 24.5 Å². The molecule has 0 saturated heterocycles. The van der Waals surface area contributed by atoms with Gasteiger partial charge in [0.05, 0.1) is 6.04 Å². The van der Waals surface area contributed by atoms with Crippen molar-refractivity contribution in [2.45, 2.75) is 38.4 Å². The number of carbonyl (C=O) groups is 2. The first-order valence-electron chi connectivity index (χ1n) is 10.3. The van der Waals surface area contributed by atoms with Crippen LogP contribution in [0.5, 0.6) is 0 Å². The van der Waals surface area contributed by atoms with Crippen molar-refractivity contribution in [2.24, 2.45) is 5.73 Å². The molecule has 0 aliphatic heterocycles. The van der Waals surface area contributed by atoms with Gasteiger partial charge in [-0.25, -0.2) is 0 Å². The lowest BCUT2D eigenvalue weighted by molar-refractivity contribution is -0.124. The quantitative estimate of drug-likeness (QED) is 0.500. The number of rotatable bonds is 9. The minimum absolute atomic E-state index is 0.146. The van der Waals surface area contributed by atoms with Crippen molar-refractivity contribution in [3.05, 3.63) is 90.3 Å². The largest absolute Gasteiger partial charge is 0.353 e. The Balaban J connectivity index is 1.63. The van der Waals surface area contributed by atoms with Crippen LogP contribution in [0, 0.1) is 0 Å². The lowest BCUT2D eigenvalue weighted by atomic mass is 9.96. The molecule has 0 saturated carbocycles. The molecule has 160 valence electrons. The van der Waals surface area contributed by atoms with Gasteiger partial charge in [0, 0.05) is 31.9 Å². The zero-order valence-corrected chi connectivity index (χ0v) is 17.6. The number of aromatic nitrogens is 1. The molecule has 3 aromatic rings. The van der Waals surface area contributed by atoms with E-state index in [1.165, 1.54) is 6.92 Å². The van der Waals surface area contributed by atoms with Crippen LogP contribution in [0.3, 0.4) is 0 Å². The fraction of sp³-hybridized carbons (Fsp3) is 0.240. The van der Waals surface area contributed by atoms with Gasteiger partial charge in [0.1, 0.15) is 0 Å². The van der Waals surface area contributed by atoms with Crippen molar-refractivity contribution in [3.8, 4) is 11.1 Å². The number of nitrogens with zero attached hydrogens (tertiary/aromatic N) is 1. The smallest absolute Gasteiger partial charge is 0.237 e. The molecule has 0 bridgehead atoms. The molecule has 0 aliphatic carbocycles. The minimum atomic E-state index is -0.719. The molecule has 0 spiro atoms. The Morgan fingerprint density at radius 1 is 0.935 bits per heavy atom. The summed E-state index contributed by atoms with van der Waals surface area (Å²) in [4.78, 5) is 28.3. The Bertz CT molecular complexity index is 993. The second-order valence-electron chi connectivity index (χ2n) is 7.58. The highest BCUT2D eigenvalue weighted by Gasteiger charge is 2.20. The summed E-state index contributed by atoms with van der Waals surface area (Å²) in [5.41, 5.74) is 10.4. The Labute approximate surface area is 182 Å². The summed E-state index contributed by atoms with van der Waals surface area (Å²) in [6.45, 7) is 1.90. The van der Waals surface area contributed by atoms with Crippen LogP contribution in [0.2, 0.25) is 0 Å². The zero-order chi connectivity index (χ0) is 22.1. The van der Waals surface area contributed by atoms with Crippen LogP contribution in [-0.4, -0.2) is 28.9 Å². The van der Waals surface area contributed by atoms with E-state index in [4.69, 9.17) is 5.73 Å². The van der Waals surface area contributed by atoms with Crippen LogP contribution >= 0.6 is 0 Å². The van der Waals surface area contributed by atoms with Gasteiger partial charge >= 0.3 is 0 Å². The van der Waals surface area contributed by atoms with Gasteiger partial charge in [0.2, 0.25) is 11.8 Å². The van der Waals surface area contributed by atoms with Gasteiger partial charge < -0.3 is 16.4 Å². The van der Waals surface area contributed by atoms with E-state index in [1.807, 2.05) is 60.7 Å². The fourth-order valence-corrected chi connectivity index (χ4v) is 3.52. The molecule has 2 atom stereocenters. The van der Waals surface area contributed by atoms with E-state index in [0.29, 0.717) is 19.4 Å². The second kappa shape index (κ2) is 11.0. The van der Waals surface area contributed by atoms with Crippen LogP contribution < -0.4 is 16.4 Å². The predicted molar refractivity (Wildman–Crippen MR) is 122 cm³/mol. The average Bonchev–Trinajstić information content (AvgIpc) is 2.78. The molecule has 1 unspecified atom stereocenters. The molecule has 0 radical (unpaired) electrons. The average molecular weight is 417 g/mol. The van der Waals surface area contributed by atoms with Crippen molar-refractivity contribution in [3.63, 3.8) is 0 Å². The van der Waals surface area contributed by atoms with Crippen LogP contribution in [0.15, 0.2) is 79.1 Å². The van der Waals surface area contributed by atoms with Gasteiger partial charge in [-0.05, 0) is 47.2 Å². The highest BCUT2D eigenvalue weighted by atomic mass is 16.2. The fourth-order valence-electron chi connectivity index (χ4n) is 3.52. The molecule has 2 aromatic carbocycles. The van der Waals surface area contributed by atoms with E-state index in [1.54, 1.807) is 12.4 Å². The first kappa shape index (κ1) is 22.2. The van der Waals surface area contributed by atoms with Crippen molar-refractivity contribution in [1.29, 1.82) is 0 Å². The van der Waals surface area contributed by atoms with Gasteiger partial charge in [0.15, 0.2) is 0 Å². The first-order chi connectivity index (χ1) is 15.0. The molecule has 1 aromatic heterocycles. The van der Waals surface area contributed by atoms with Crippen molar-refractivity contribution < 1.29 is 9.59 Å². The molecule has 3 rings (SSSR count). The maximum Gasteiger partial charge on any atom is 0.237 e. The second-order valence-corrected chi connectivity index (χ2v) is 7.58. The summed E-state index contributed by atoms with van der Waals surface area (Å²) in [6.07, 6.45) is 4.45. The number of hydrogen-bond acceptors (Lipinski definition) is 4. The topological polar surface area (TPSA) is 97.1 Å². The number of benzene rings is 2. The summed E-state index contributed by atoms with van der Waals surface area (Å²) in [6, 6.07) is 20.7. The summed E-state index contributed by atoms with van der Waals surface area (Å²) < 4.78 is 0. The van der Waals surface area contributed by atoms with Gasteiger partial charge in [-0.15, -0.1) is 0 Å². The number of hydrogen-bond donors (Lipinski definition) is 3. The van der Waals surface area contributed by atoms with E-state index in [0.717, 1.165) is 22.3 Å². The lowest BCUT2D eigenvalue weighted by Gasteiger charge is -2.22. The Morgan fingerprint density at radius 3 is 2.35 bits per heavy atom. The Hall–Kier alpha value is -3.51. The molecule has 6 nitrogen and oxygen atoms in total. The Morgan fingerprint density at radius 2 is 1.65 bits per heavy atom. The zero-order valence-electron chi connectivity index (χ0n) is 17.6. The summed E-state index contributed by atoms with van der Waals surface area (Å²) in [5, 5.41) is 5.81. The number of amides is 2. The standard InChI is InChI=1S/C25H28N4O2/c1-18(30)29-23(16-24(26)25(31)28-17-19-6-3-2-4-7-19)15-20-8-5-9-22(14-20)21-10-12-27-13-11-21/h2-14,23-24H,15-17,26H2,1H3,(H,28,31)(H,29,30)/t23?,24-/m0/s1. The Kier molecular flexibility index (Phi) is 7.90. The monoisotopic (exact) mass is 416 g/mol. The number of carbonyl (C=O) groups excluding carboxylic acids is 2. The summed E-state index contributed by atoms with van der Waals surface area (Å²) in [5.74, 6) is -0.378. The third-order valence-corrected chi connectivity index (χ3v) is 5.01. The van der Waals surface area contributed by atoms with E-state index in [-0.39, 0.29) is 17.9 Å². The van der Waals surface area contributed by atoms with Crippen molar-refractivity contribution in [1.82, 2.24) is 15.6 Å². The third kappa shape index (κ3) is 7.04. The van der Waals surface area contributed by atoms with Crippen LogP contribution in [0.25, 0.3) is 11.1 Å². The van der Waals surface area contributed by atoms with E-state index in [2.05, 4.69) is 21.7 Å². The minimum Gasteiger partial charge on any atom is -0.353 e. The van der Waals surface area contributed by atoms with E-state index >= 15 is 0 Å². The molecule has 2 amide bonds. The number of pyridine rings is 1. The van der Waals surface area contributed by atoms with Gasteiger partial charge in [0.25, 0.3) is 0 Å². The van der Waals surface area contributed by atoms with Crippen LogP contribution in [-0.2, 0) is 22.6 Å². The lowest BCUT2D eigenvalue weighted by Crippen LogP contribution is -2.46. The maximum atomic E-state index is 12.5. The van der Waals surface area contributed by atoms with Gasteiger partial charge in [-0.1, -0.05) is 54.6 Å². The molecule has 6 heteroatoms. The van der Waals surface area contributed by atoms with E-state index in [9.17, 15) is 9.59 Å². The summed E-state index contributed by atoms with van der Waals surface area (Å²) >= 11 is 0. The third-order valence-electron chi connectivity index (χ3n) is 5.01. The first-order valence-corrected chi connectivity index (χ1v) is 10.3. The molecule has 0 aliphatic rings. The molecule has 0 fully saturated rings. The highest BCUT2D eigenvalue weighted by Crippen LogP contribution is 2.20. The van der Waals surface area contributed by atoms with Gasteiger partial charge in [-0.3, -0.25) is 14.6 Å². The highest BCUT2D eigenvalue weighted by molar-refractivity contribution is 5.81. The number of nitrogens with two attached hydrogens (primary N) is 1.